The molecule has 0 fully saturated rings. The summed E-state index contributed by atoms with van der Waals surface area (Å²) >= 11 is 5.72. The Hall–Kier alpha value is -1.60. The molecular formula is C16H15ClO. The van der Waals surface area contributed by atoms with Gasteiger partial charge in [-0.15, -0.1) is 11.6 Å². The van der Waals surface area contributed by atoms with Crippen molar-refractivity contribution >= 4 is 17.4 Å². The highest BCUT2D eigenvalue weighted by Crippen LogP contribution is 2.16. The second-order valence-corrected chi connectivity index (χ2v) is 4.52. The molecule has 0 bridgehead atoms. The summed E-state index contributed by atoms with van der Waals surface area (Å²) in [5.74, 6) is 0.703. The summed E-state index contributed by atoms with van der Waals surface area (Å²) in [4.78, 5) is 12.4. The molecule has 2 aromatic carbocycles. The Labute approximate surface area is 112 Å². The van der Waals surface area contributed by atoms with Gasteiger partial charge in [0, 0.05) is 17.0 Å². The molecule has 1 nitrogen and oxygen atoms in total. The van der Waals surface area contributed by atoms with E-state index < -0.39 is 0 Å². The van der Waals surface area contributed by atoms with Crippen LogP contribution >= 0.6 is 11.6 Å². The number of aryl methyl sites for hydroxylation is 1. The van der Waals surface area contributed by atoms with Gasteiger partial charge in [-0.2, -0.15) is 0 Å². The fourth-order valence-electron chi connectivity index (χ4n) is 1.96. The topological polar surface area (TPSA) is 17.1 Å². The minimum absolute atomic E-state index is 0.0840. The highest BCUT2D eigenvalue weighted by Gasteiger charge is 2.12. The third kappa shape index (κ3) is 2.99. The van der Waals surface area contributed by atoms with Gasteiger partial charge >= 0.3 is 0 Å². The van der Waals surface area contributed by atoms with Crippen molar-refractivity contribution in [2.24, 2.45) is 0 Å². The van der Waals surface area contributed by atoms with Gasteiger partial charge < -0.3 is 0 Å². The first kappa shape index (κ1) is 12.8. The summed E-state index contributed by atoms with van der Waals surface area (Å²) in [5.41, 5.74) is 2.59. The fourth-order valence-corrected chi connectivity index (χ4v) is 2.10. The molecule has 0 saturated carbocycles. The van der Waals surface area contributed by atoms with E-state index >= 15 is 0 Å². The van der Waals surface area contributed by atoms with Gasteiger partial charge in [-0.3, -0.25) is 4.79 Å². The van der Waals surface area contributed by atoms with E-state index in [2.05, 4.69) is 0 Å². The predicted molar refractivity (Wildman–Crippen MR) is 75.4 cm³/mol. The summed E-state index contributed by atoms with van der Waals surface area (Å²) in [7, 11) is 0. The molecule has 0 spiro atoms. The second-order valence-electron chi connectivity index (χ2n) is 4.14. The molecule has 0 atom stereocenters. The van der Waals surface area contributed by atoms with Crippen LogP contribution in [-0.2, 0) is 6.42 Å². The number of halogens is 1. The smallest absolute Gasteiger partial charge is 0.193 e. The van der Waals surface area contributed by atoms with Crippen LogP contribution in [0.1, 0.15) is 27.9 Å². The standard InChI is InChI=1S/C16H15ClO/c17-12-6-10-13-7-4-5-11-15(13)16(18)14-8-2-1-3-9-14/h1-5,7-9,11H,6,10,12H2. The number of hydrogen-bond acceptors (Lipinski definition) is 1. The maximum Gasteiger partial charge on any atom is 0.193 e. The fraction of sp³-hybridized carbons (Fsp3) is 0.188. The van der Waals surface area contributed by atoms with Crippen molar-refractivity contribution in [3.63, 3.8) is 0 Å². The van der Waals surface area contributed by atoms with Crippen molar-refractivity contribution in [3.8, 4) is 0 Å². The van der Waals surface area contributed by atoms with Gasteiger partial charge in [0.25, 0.3) is 0 Å². The average Bonchev–Trinajstić information content (AvgIpc) is 2.45. The monoisotopic (exact) mass is 258 g/mol. The van der Waals surface area contributed by atoms with Crippen molar-refractivity contribution in [1.29, 1.82) is 0 Å². The molecule has 18 heavy (non-hydrogen) atoms. The summed E-state index contributed by atoms with van der Waals surface area (Å²) in [5, 5.41) is 0. The number of carbonyl (C=O) groups excluding carboxylic acids is 1. The molecule has 0 unspecified atom stereocenters. The van der Waals surface area contributed by atoms with Crippen LogP contribution in [0.15, 0.2) is 54.6 Å². The van der Waals surface area contributed by atoms with Crippen LogP contribution in [0.25, 0.3) is 0 Å². The molecule has 0 saturated heterocycles. The quantitative estimate of drug-likeness (QED) is 0.583. The van der Waals surface area contributed by atoms with Crippen LogP contribution in [-0.4, -0.2) is 11.7 Å². The molecule has 2 rings (SSSR count). The van der Waals surface area contributed by atoms with Crippen molar-refractivity contribution < 1.29 is 4.79 Å². The lowest BCUT2D eigenvalue weighted by atomic mass is 9.96. The van der Waals surface area contributed by atoms with E-state index in [0.717, 1.165) is 29.5 Å². The third-order valence-electron chi connectivity index (χ3n) is 2.88. The van der Waals surface area contributed by atoms with Crippen molar-refractivity contribution in [1.82, 2.24) is 0 Å². The Kier molecular flexibility index (Phi) is 4.54. The molecule has 92 valence electrons. The van der Waals surface area contributed by atoms with Crippen LogP contribution in [0.4, 0.5) is 0 Å². The first-order chi connectivity index (χ1) is 8.83. The van der Waals surface area contributed by atoms with E-state index in [1.54, 1.807) is 0 Å². The molecule has 0 amide bonds. The molecule has 0 aromatic heterocycles. The highest BCUT2D eigenvalue weighted by atomic mass is 35.5. The first-order valence-corrected chi connectivity index (χ1v) is 6.60. The largest absolute Gasteiger partial charge is 0.289 e. The average molecular weight is 259 g/mol. The predicted octanol–water partition coefficient (Wildman–Crippen LogP) is 4.09. The molecule has 0 aliphatic carbocycles. The number of carbonyl (C=O) groups is 1. The summed E-state index contributed by atoms with van der Waals surface area (Å²) < 4.78 is 0. The zero-order valence-electron chi connectivity index (χ0n) is 10.1. The van der Waals surface area contributed by atoms with Gasteiger partial charge in [0.1, 0.15) is 0 Å². The van der Waals surface area contributed by atoms with E-state index in [1.807, 2.05) is 54.6 Å². The maximum absolute atomic E-state index is 12.4. The minimum Gasteiger partial charge on any atom is -0.289 e. The van der Waals surface area contributed by atoms with Crippen LogP contribution in [0, 0.1) is 0 Å². The third-order valence-corrected chi connectivity index (χ3v) is 3.14. The number of benzene rings is 2. The van der Waals surface area contributed by atoms with Crippen LogP contribution in [0.5, 0.6) is 0 Å². The van der Waals surface area contributed by atoms with Crippen molar-refractivity contribution in [2.75, 3.05) is 5.88 Å². The van der Waals surface area contributed by atoms with E-state index in [4.69, 9.17) is 11.6 Å². The van der Waals surface area contributed by atoms with E-state index in [9.17, 15) is 4.79 Å². The van der Waals surface area contributed by atoms with E-state index in [1.165, 1.54) is 0 Å². The summed E-state index contributed by atoms with van der Waals surface area (Å²) in [6.07, 6.45) is 1.74. The summed E-state index contributed by atoms with van der Waals surface area (Å²) in [6.45, 7) is 0. The van der Waals surface area contributed by atoms with Gasteiger partial charge in [-0.1, -0.05) is 54.6 Å². The van der Waals surface area contributed by atoms with Crippen LogP contribution in [0.3, 0.4) is 0 Å². The lowest BCUT2D eigenvalue weighted by Gasteiger charge is -2.07. The molecule has 2 aromatic rings. The first-order valence-electron chi connectivity index (χ1n) is 6.06. The molecule has 0 heterocycles. The van der Waals surface area contributed by atoms with Crippen molar-refractivity contribution in [3.05, 3.63) is 71.3 Å². The van der Waals surface area contributed by atoms with Crippen LogP contribution < -0.4 is 0 Å². The minimum atomic E-state index is 0.0840. The zero-order valence-corrected chi connectivity index (χ0v) is 10.9. The molecule has 0 radical (unpaired) electrons. The Morgan fingerprint density at radius 1 is 0.944 bits per heavy atom. The Balaban J connectivity index is 2.30. The van der Waals surface area contributed by atoms with E-state index in [-0.39, 0.29) is 5.78 Å². The number of rotatable bonds is 5. The van der Waals surface area contributed by atoms with Crippen LogP contribution in [0.2, 0.25) is 0 Å². The number of hydrogen-bond donors (Lipinski definition) is 0. The molecule has 0 aliphatic heterocycles. The molecule has 2 heteroatoms. The number of alkyl halides is 1. The Bertz CT molecular complexity index is 520. The lowest BCUT2D eigenvalue weighted by Crippen LogP contribution is -2.05. The zero-order chi connectivity index (χ0) is 12.8. The molecular weight excluding hydrogens is 244 g/mol. The van der Waals surface area contributed by atoms with E-state index in [0.29, 0.717) is 5.88 Å². The Morgan fingerprint density at radius 3 is 2.33 bits per heavy atom. The lowest BCUT2D eigenvalue weighted by molar-refractivity contribution is 0.103. The molecule has 0 aliphatic rings. The molecule has 0 N–H and O–H groups in total. The normalized spacial score (nSPS) is 10.3. The van der Waals surface area contributed by atoms with Gasteiger partial charge in [0.2, 0.25) is 0 Å². The maximum atomic E-state index is 12.4. The van der Waals surface area contributed by atoms with Gasteiger partial charge in [-0.25, -0.2) is 0 Å². The highest BCUT2D eigenvalue weighted by molar-refractivity contribution is 6.17. The van der Waals surface area contributed by atoms with Gasteiger partial charge in [0.15, 0.2) is 5.78 Å². The number of ketones is 1. The Morgan fingerprint density at radius 2 is 1.61 bits per heavy atom. The van der Waals surface area contributed by atoms with Crippen molar-refractivity contribution in [2.45, 2.75) is 12.8 Å². The second kappa shape index (κ2) is 6.36. The SMILES string of the molecule is O=C(c1ccccc1)c1ccccc1CCCCl. The summed E-state index contributed by atoms with van der Waals surface area (Å²) in [6, 6.07) is 17.1. The van der Waals surface area contributed by atoms with Gasteiger partial charge in [-0.05, 0) is 18.4 Å². The van der Waals surface area contributed by atoms with Gasteiger partial charge in [0.05, 0.1) is 0 Å².